The molecule has 0 spiro atoms. The van der Waals surface area contributed by atoms with E-state index in [4.69, 9.17) is 16.3 Å². The number of carbonyl (C=O) groups excluding carboxylic acids is 2. The monoisotopic (exact) mass is 378 g/mol. The van der Waals surface area contributed by atoms with Crippen molar-refractivity contribution in [3.05, 3.63) is 64.9 Å². The summed E-state index contributed by atoms with van der Waals surface area (Å²) in [6, 6.07) is 11.7. The average Bonchev–Trinajstić information content (AvgIpc) is 2.65. The van der Waals surface area contributed by atoms with Crippen molar-refractivity contribution in [2.24, 2.45) is 0 Å². The first-order valence-electron chi connectivity index (χ1n) is 8.04. The van der Waals surface area contributed by atoms with Crippen LogP contribution in [0.2, 0.25) is 5.02 Å². The van der Waals surface area contributed by atoms with Gasteiger partial charge in [-0.05, 0) is 48.9 Å². The maximum Gasteiger partial charge on any atom is 0.261 e. The summed E-state index contributed by atoms with van der Waals surface area (Å²) in [5, 5.41) is 3.09. The molecule has 1 unspecified atom stereocenters. The Bertz CT molecular complexity index is 750. The zero-order chi connectivity index (χ0) is 19.1. The third kappa shape index (κ3) is 5.46. The molecule has 0 heterocycles. The number of likely N-dealkylation sites (N-methyl/N-ethyl adjacent to an activating group) is 1. The molecule has 7 heteroatoms. The van der Waals surface area contributed by atoms with E-state index < -0.39 is 6.04 Å². The van der Waals surface area contributed by atoms with Crippen LogP contribution in [0.15, 0.2) is 48.5 Å². The summed E-state index contributed by atoms with van der Waals surface area (Å²) in [5.41, 5.74) is 0.710. The van der Waals surface area contributed by atoms with Crippen molar-refractivity contribution in [1.82, 2.24) is 10.2 Å². The molecule has 0 aromatic heterocycles. The summed E-state index contributed by atoms with van der Waals surface area (Å²) >= 11 is 5.82. The molecule has 0 aliphatic heterocycles. The van der Waals surface area contributed by atoms with Crippen molar-refractivity contribution in [2.45, 2.75) is 19.5 Å². The third-order valence-corrected chi connectivity index (χ3v) is 4.11. The molecule has 0 aliphatic rings. The van der Waals surface area contributed by atoms with Crippen molar-refractivity contribution in [3.63, 3.8) is 0 Å². The van der Waals surface area contributed by atoms with Gasteiger partial charge >= 0.3 is 0 Å². The van der Waals surface area contributed by atoms with E-state index in [0.29, 0.717) is 16.3 Å². The van der Waals surface area contributed by atoms with Gasteiger partial charge in [-0.25, -0.2) is 4.39 Å². The van der Waals surface area contributed by atoms with E-state index in [9.17, 15) is 14.0 Å². The Hall–Kier alpha value is -2.60. The molecule has 2 amide bonds. The van der Waals surface area contributed by atoms with Crippen LogP contribution in [0.5, 0.6) is 5.75 Å². The molecule has 5 nitrogen and oxygen atoms in total. The summed E-state index contributed by atoms with van der Waals surface area (Å²) in [5.74, 6) is -0.526. The van der Waals surface area contributed by atoms with Gasteiger partial charge in [0.1, 0.15) is 17.6 Å². The van der Waals surface area contributed by atoms with Crippen molar-refractivity contribution in [3.8, 4) is 5.75 Å². The van der Waals surface area contributed by atoms with Crippen LogP contribution in [0, 0.1) is 5.82 Å². The van der Waals surface area contributed by atoms with Crippen LogP contribution >= 0.6 is 11.6 Å². The van der Waals surface area contributed by atoms with Crippen molar-refractivity contribution in [1.29, 1.82) is 0 Å². The normalized spacial score (nSPS) is 11.5. The van der Waals surface area contributed by atoms with Gasteiger partial charge in [0.25, 0.3) is 5.91 Å². The van der Waals surface area contributed by atoms with Gasteiger partial charge < -0.3 is 15.0 Å². The van der Waals surface area contributed by atoms with Gasteiger partial charge in [0.05, 0.1) is 0 Å². The van der Waals surface area contributed by atoms with Crippen molar-refractivity contribution in [2.75, 3.05) is 13.7 Å². The second kappa shape index (κ2) is 9.20. The first-order valence-corrected chi connectivity index (χ1v) is 8.42. The van der Waals surface area contributed by atoms with Crippen LogP contribution in [-0.4, -0.2) is 36.4 Å². The Morgan fingerprint density at radius 1 is 1.15 bits per heavy atom. The topological polar surface area (TPSA) is 58.6 Å². The lowest BCUT2D eigenvalue weighted by atomic mass is 10.1. The van der Waals surface area contributed by atoms with Gasteiger partial charge in [0, 0.05) is 18.6 Å². The first kappa shape index (κ1) is 19.7. The number of halogens is 2. The van der Waals surface area contributed by atoms with E-state index in [0.717, 1.165) is 0 Å². The van der Waals surface area contributed by atoms with E-state index in [2.05, 4.69) is 5.32 Å². The molecule has 2 aromatic carbocycles. The second-order valence-electron chi connectivity index (χ2n) is 5.68. The predicted molar refractivity (Wildman–Crippen MR) is 97.4 cm³/mol. The molecule has 0 fully saturated rings. The summed E-state index contributed by atoms with van der Waals surface area (Å²) in [4.78, 5) is 26.0. The largest absolute Gasteiger partial charge is 0.484 e. The van der Waals surface area contributed by atoms with E-state index in [-0.39, 0.29) is 30.8 Å². The number of hydrogen-bond acceptors (Lipinski definition) is 3. The lowest BCUT2D eigenvalue weighted by molar-refractivity contribution is -0.142. The van der Waals surface area contributed by atoms with Gasteiger partial charge in [0.15, 0.2) is 6.61 Å². The van der Waals surface area contributed by atoms with Crippen molar-refractivity contribution >= 4 is 23.4 Å². The zero-order valence-electron chi connectivity index (χ0n) is 14.5. The SMILES string of the molecule is CNC(=O)C(C)N(Cc1ccc(F)cc1)C(=O)COc1ccc(Cl)cc1. The quantitative estimate of drug-likeness (QED) is 0.805. The molecule has 0 saturated carbocycles. The fraction of sp³-hybridized carbons (Fsp3) is 0.263. The molecule has 1 atom stereocenters. The zero-order valence-corrected chi connectivity index (χ0v) is 15.3. The number of nitrogens with zero attached hydrogens (tertiary/aromatic N) is 1. The van der Waals surface area contributed by atoms with Crippen LogP contribution in [0.3, 0.4) is 0 Å². The lowest BCUT2D eigenvalue weighted by Gasteiger charge is -2.28. The van der Waals surface area contributed by atoms with Gasteiger partial charge in [-0.15, -0.1) is 0 Å². The van der Waals surface area contributed by atoms with Gasteiger partial charge in [-0.3, -0.25) is 9.59 Å². The minimum Gasteiger partial charge on any atom is -0.484 e. The van der Waals surface area contributed by atoms with E-state index in [1.165, 1.54) is 24.1 Å². The fourth-order valence-corrected chi connectivity index (χ4v) is 2.46. The number of ether oxygens (including phenoxy) is 1. The Morgan fingerprint density at radius 3 is 2.35 bits per heavy atom. The average molecular weight is 379 g/mol. The van der Waals surface area contributed by atoms with Crippen LogP contribution in [-0.2, 0) is 16.1 Å². The number of nitrogens with one attached hydrogen (secondary N) is 1. The highest BCUT2D eigenvalue weighted by Crippen LogP contribution is 2.16. The predicted octanol–water partition coefficient (Wildman–Crippen LogP) is 3.02. The molecule has 138 valence electrons. The molecule has 26 heavy (non-hydrogen) atoms. The highest BCUT2D eigenvalue weighted by atomic mass is 35.5. The van der Waals surface area contributed by atoms with Crippen LogP contribution in [0.25, 0.3) is 0 Å². The highest BCUT2D eigenvalue weighted by molar-refractivity contribution is 6.30. The Kier molecular flexibility index (Phi) is 6.97. The number of amides is 2. The summed E-state index contributed by atoms with van der Waals surface area (Å²) in [7, 11) is 1.50. The Morgan fingerprint density at radius 2 is 1.77 bits per heavy atom. The Labute approximate surface area is 156 Å². The maximum absolute atomic E-state index is 13.1. The molecule has 1 N–H and O–H groups in total. The number of benzene rings is 2. The highest BCUT2D eigenvalue weighted by Gasteiger charge is 2.25. The molecule has 0 radical (unpaired) electrons. The van der Waals surface area contributed by atoms with Crippen molar-refractivity contribution < 1.29 is 18.7 Å². The van der Waals surface area contributed by atoms with Crippen LogP contribution < -0.4 is 10.1 Å². The molecule has 0 saturated heterocycles. The van der Waals surface area contributed by atoms with Crippen LogP contribution in [0.4, 0.5) is 4.39 Å². The van der Waals surface area contributed by atoms with E-state index in [1.54, 1.807) is 43.3 Å². The smallest absolute Gasteiger partial charge is 0.261 e. The molecule has 0 aliphatic carbocycles. The van der Waals surface area contributed by atoms with Crippen LogP contribution in [0.1, 0.15) is 12.5 Å². The number of hydrogen-bond donors (Lipinski definition) is 1. The number of carbonyl (C=O) groups is 2. The summed E-state index contributed by atoms with van der Waals surface area (Å²) < 4.78 is 18.6. The Balaban J connectivity index is 2.10. The minimum atomic E-state index is -0.702. The molecule has 2 aromatic rings. The molecular weight excluding hydrogens is 359 g/mol. The van der Waals surface area contributed by atoms with E-state index in [1.807, 2.05) is 0 Å². The molecule has 0 bridgehead atoms. The minimum absolute atomic E-state index is 0.164. The third-order valence-electron chi connectivity index (χ3n) is 3.86. The second-order valence-corrected chi connectivity index (χ2v) is 6.12. The summed E-state index contributed by atoms with van der Waals surface area (Å²) in [6.07, 6.45) is 0. The molecular formula is C19H20ClFN2O3. The lowest BCUT2D eigenvalue weighted by Crippen LogP contribution is -2.48. The van der Waals surface area contributed by atoms with Gasteiger partial charge in [-0.2, -0.15) is 0 Å². The van der Waals surface area contributed by atoms with Gasteiger partial charge in [0.2, 0.25) is 5.91 Å². The summed E-state index contributed by atoms with van der Waals surface area (Å²) in [6.45, 7) is 1.56. The first-order chi connectivity index (χ1) is 12.4. The van der Waals surface area contributed by atoms with Gasteiger partial charge in [-0.1, -0.05) is 23.7 Å². The molecule has 2 rings (SSSR count). The fourth-order valence-electron chi connectivity index (χ4n) is 2.34. The number of rotatable bonds is 7. The maximum atomic E-state index is 13.1. The van der Waals surface area contributed by atoms with E-state index >= 15 is 0 Å². The standard InChI is InChI=1S/C19H20ClFN2O3/c1-13(19(25)22-2)23(11-14-3-7-16(21)8-4-14)18(24)12-26-17-9-5-15(20)6-10-17/h3-10,13H,11-12H2,1-2H3,(H,22,25).